The van der Waals surface area contributed by atoms with Crippen LogP contribution >= 0.6 is 0 Å². The van der Waals surface area contributed by atoms with Crippen LogP contribution in [-0.2, 0) is 16.1 Å². The van der Waals surface area contributed by atoms with Crippen LogP contribution in [-0.4, -0.2) is 64.6 Å². The van der Waals surface area contributed by atoms with Gasteiger partial charge in [0.2, 0.25) is 5.91 Å². The van der Waals surface area contributed by atoms with E-state index < -0.39 is 23.2 Å². The molecule has 24 heavy (non-hydrogen) atoms. The number of hydrogen-bond acceptors (Lipinski definition) is 6. The van der Waals surface area contributed by atoms with Crippen molar-refractivity contribution >= 4 is 17.7 Å². The fourth-order valence-corrected chi connectivity index (χ4v) is 2.49. The first-order valence-corrected chi connectivity index (χ1v) is 7.35. The molecular formula is C15H19N3O6. The topological polar surface area (TPSA) is 113 Å². The highest BCUT2D eigenvalue weighted by atomic mass is 16.6. The summed E-state index contributed by atoms with van der Waals surface area (Å²) < 4.78 is 5.16. The fourth-order valence-electron chi connectivity index (χ4n) is 2.49. The van der Waals surface area contributed by atoms with E-state index in [1.54, 1.807) is 14.1 Å². The number of ether oxygens (including phenoxy) is 1. The van der Waals surface area contributed by atoms with Gasteiger partial charge in [0.25, 0.3) is 5.69 Å². The van der Waals surface area contributed by atoms with Crippen LogP contribution in [0.15, 0.2) is 24.3 Å². The molecule has 1 saturated heterocycles. The third-order valence-corrected chi connectivity index (χ3v) is 3.75. The van der Waals surface area contributed by atoms with E-state index in [9.17, 15) is 24.8 Å². The van der Waals surface area contributed by atoms with Gasteiger partial charge in [-0.15, -0.1) is 0 Å². The molecule has 0 aromatic heterocycles. The molecule has 1 aliphatic heterocycles. The Kier molecular flexibility index (Phi) is 5.35. The lowest BCUT2D eigenvalue weighted by Gasteiger charge is -2.25. The van der Waals surface area contributed by atoms with Crippen molar-refractivity contribution in [3.8, 4) is 0 Å². The van der Waals surface area contributed by atoms with Gasteiger partial charge in [0.15, 0.2) is 0 Å². The normalized spacial score (nSPS) is 19.9. The standard InChI is InChI=1S/C15H19N3O6/c1-16(2)14(20)13-7-12(19)8-17(13)15(21)24-9-10-3-5-11(6-4-10)18(22)23/h3-6,12-13,19H,7-9H2,1-2H3/t12?,13-/m0/s1. The number of hydrogen-bond donors (Lipinski definition) is 1. The van der Waals surface area contributed by atoms with Gasteiger partial charge >= 0.3 is 6.09 Å². The molecule has 1 unspecified atom stereocenters. The number of nitro benzene ring substituents is 1. The van der Waals surface area contributed by atoms with Crippen LogP contribution in [0, 0.1) is 10.1 Å². The van der Waals surface area contributed by atoms with E-state index in [-0.39, 0.29) is 31.2 Å². The fraction of sp³-hybridized carbons (Fsp3) is 0.467. The third-order valence-electron chi connectivity index (χ3n) is 3.75. The predicted molar refractivity (Wildman–Crippen MR) is 83.1 cm³/mol. The second-order valence-corrected chi connectivity index (χ2v) is 5.77. The summed E-state index contributed by atoms with van der Waals surface area (Å²) in [7, 11) is 3.15. The number of aliphatic hydroxyl groups excluding tert-OH is 1. The Labute approximate surface area is 138 Å². The van der Waals surface area contributed by atoms with E-state index in [2.05, 4.69) is 0 Å². The highest BCUT2D eigenvalue weighted by molar-refractivity contribution is 5.86. The molecule has 1 aromatic carbocycles. The Morgan fingerprint density at radius 2 is 2.00 bits per heavy atom. The number of aliphatic hydroxyl groups is 1. The van der Waals surface area contributed by atoms with Crippen molar-refractivity contribution in [1.29, 1.82) is 0 Å². The molecule has 2 amide bonds. The molecule has 2 rings (SSSR count). The van der Waals surface area contributed by atoms with Crippen LogP contribution in [0.25, 0.3) is 0 Å². The third kappa shape index (κ3) is 3.99. The summed E-state index contributed by atoms with van der Waals surface area (Å²) >= 11 is 0. The lowest BCUT2D eigenvalue weighted by atomic mass is 10.2. The highest BCUT2D eigenvalue weighted by Crippen LogP contribution is 2.21. The summed E-state index contributed by atoms with van der Waals surface area (Å²) in [6.45, 7) is -0.0460. The number of carbonyl (C=O) groups is 2. The molecule has 1 heterocycles. The van der Waals surface area contributed by atoms with Crippen molar-refractivity contribution in [3.05, 3.63) is 39.9 Å². The second kappa shape index (κ2) is 7.26. The van der Waals surface area contributed by atoms with Crippen LogP contribution in [0.3, 0.4) is 0 Å². The van der Waals surface area contributed by atoms with Crippen molar-refractivity contribution < 1.29 is 24.4 Å². The minimum atomic E-state index is -0.772. The van der Waals surface area contributed by atoms with E-state index in [1.807, 2.05) is 0 Å². The number of likely N-dealkylation sites (N-methyl/N-ethyl adjacent to an activating group) is 1. The Morgan fingerprint density at radius 1 is 1.38 bits per heavy atom. The average molecular weight is 337 g/mol. The van der Waals surface area contributed by atoms with E-state index in [0.29, 0.717) is 5.56 Å². The van der Waals surface area contributed by atoms with Crippen LogP contribution in [0.4, 0.5) is 10.5 Å². The first-order valence-electron chi connectivity index (χ1n) is 7.35. The number of nitro groups is 1. The number of β-amino-alcohol motifs (C(OH)–C–C–N with tert-alkyl or cyclic N) is 1. The molecule has 0 bridgehead atoms. The smallest absolute Gasteiger partial charge is 0.410 e. The summed E-state index contributed by atoms with van der Waals surface area (Å²) in [6, 6.07) is 4.88. The maximum atomic E-state index is 12.2. The van der Waals surface area contributed by atoms with Gasteiger partial charge in [-0.25, -0.2) is 4.79 Å². The largest absolute Gasteiger partial charge is 0.445 e. The quantitative estimate of drug-likeness (QED) is 0.641. The summed E-state index contributed by atoms with van der Waals surface area (Å²) in [6.07, 6.45) is -1.31. The molecule has 0 spiro atoms. The van der Waals surface area contributed by atoms with Gasteiger partial charge in [-0.2, -0.15) is 0 Å². The molecule has 2 atom stereocenters. The summed E-state index contributed by atoms with van der Waals surface area (Å²) in [4.78, 5) is 36.9. The second-order valence-electron chi connectivity index (χ2n) is 5.77. The number of rotatable bonds is 4. The summed E-state index contributed by atoms with van der Waals surface area (Å²) in [5.74, 6) is -0.279. The Bertz CT molecular complexity index is 631. The van der Waals surface area contributed by atoms with E-state index in [4.69, 9.17) is 4.74 Å². The number of carbonyl (C=O) groups excluding carboxylic acids is 2. The first-order chi connectivity index (χ1) is 11.3. The molecule has 0 saturated carbocycles. The molecule has 1 aliphatic rings. The number of likely N-dealkylation sites (tertiary alicyclic amines) is 1. The van der Waals surface area contributed by atoms with Gasteiger partial charge in [0, 0.05) is 32.6 Å². The average Bonchev–Trinajstić information content (AvgIpc) is 2.94. The van der Waals surface area contributed by atoms with Gasteiger partial charge in [-0.05, 0) is 17.7 Å². The van der Waals surface area contributed by atoms with Crippen LogP contribution in [0.2, 0.25) is 0 Å². The van der Waals surface area contributed by atoms with Crippen molar-refractivity contribution in [1.82, 2.24) is 9.80 Å². The Balaban J connectivity index is 1.98. The van der Waals surface area contributed by atoms with Crippen LogP contribution in [0.5, 0.6) is 0 Å². The van der Waals surface area contributed by atoms with Crippen molar-refractivity contribution in [3.63, 3.8) is 0 Å². The zero-order valence-electron chi connectivity index (χ0n) is 13.4. The highest BCUT2D eigenvalue weighted by Gasteiger charge is 2.40. The van der Waals surface area contributed by atoms with Crippen LogP contribution < -0.4 is 0 Å². The van der Waals surface area contributed by atoms with Gasteiger partial charge in [0.1, 0.15) is 12.6 Å². The zero-order chi connectivity index (χ0) is 17.9. The van der Waals surface area contributed by atoms with Gasteiger partial charge in [0.05, 0.1) is 17.6 Å². The molecule has 9 nitrogen and oxygen atoms in total. The summed E-state index contributed by atoms with van der Waals surface area (Å²) in [5, 5.41) is 20.3. The molecule has 1 fully saturated rings. The zero-order valence-corrected chi connectivity index (χ0v) is 13.4. The molecule has 1 aromatic rings. The predicted octanol–water partition coefficient (Wildman–Crippen LogP) is 0.755. The lowest BCUT2D eigenvalue weighted by molar-refractivity contribution is -0.384. The Morgan fingerprint density at radius 3 is 2.54 bits per heavy atom. The monoisotopic (exact) mass is 337 g/mol. The van der Waals surface area contributed by atoms with E-state index in [0.717, 1.165) is 0 Å². The Hall–Kier alpha value is -2.68. The van der Waals surface area contributed by atoms with Gasteiger partial charge in [-0.1, -0.05) is 0 Å². The first kappa shape index (κ1) is 17.7. The number of nitrogens with zero attached hydrogens (tertiary/aromatic N) is 3. The van der Waals surface area contributed by atoms with E-state index >= 15 is 0 Å². The van der Waals surface area contributed by atoms with Gasteiger partial charge < -0.3 is 14.7 Å². The maximum absolute atomic E-state index is 12.2. The molecule has 0 aliphatic carbocycles. The van der Waals surface area contributed by atoms with Crippen LogP contribution in [0.1, 0.15) is 12.0 Å². The number of benzene rings is 1. The SMILES string of the molecule is CN(C)C(=O)[C@@H]1CC(O)CN1C(=O)OCc1ccc([N+](=O)[O-])cc1. The number of non-ortho nitro benzene ring substituents is 1. The molecular weight excluding hydrogens is 318 g/mol. The summed E-state index contributed by atoms with van der Waals surface area (Å²) in [5.41, 5.74) is 0.536. The molecule has 130 valence electrons. The molecule has 0 radical (unpaired) electrons. The minimum absolute atomic E-state index is 0.0311. The molecule has 1 N–H and O–H groups in total. The molecule has 9 heteroatoms. The minimum Gasteiger partial charge on any atom is -0.445 e. The van der Waals surface area contributed by atoms with Crippen molar-refractivity contribution in [2.24, 2.45) is 0 Å². The maximum Gasteiger partial charge on any atom is 0.410 e. The lowest BCUT2D eigenvalue weighted by Crippen LogP contribution is -2.45. The van der Waals surface area contributed by atoms with Crippen molar-refractivity contribution in [2.45, 2.75) is 25.2 Å². The van der Waals surface area contributed by atoms with Crippen molar-refractivity contribution in [2.75, 3.05) is 20.6 Å². The van der Waals surface area contributed by atoms with E-state index in [1.165, 1.54) is 34.1 Å². The van der Waals surface area contributed by atoms with Gasteiger partial charge in [-0.3, -0.25) is 19.8 Å². The number of amides is 2.